The number of pyridine rings is 1. The molecule has 0 atom stereocenters. The first-order chi connectivity index (χ1) is 6.07. The molecule has 0 fully saturated rings. The molecule has 0 saturated heterocycles. The molecule has 0 aliphatic carbocycles. The minimum Gasteiger partial charge on any atom is -0.398 e. The van der Waals surface area contributed by atoms with Crippen LogP contribution in [0.2, 0.25) is 0 Å². The van der Waals surface area contributed by atoms with E-state index in [1.54, 1.807) is 6.92 Å². The molecule has 0 radical (unpaired) electrons. The molecule has 72 valence electrons. The molecule has 3 nitrogen and oxygen atoms in total. The second-order valence-corrected chi connectivity index (χ2v) is 2.66. The van der Waals surface area contributed by atoms with Gasteiger partial charge in [-0.25, -0.2) is 8.78 Å². The molecule has 1 rings (SSSR count). The van der Waals surface area contributed by atoms with E-state index >= 15 is 0 Å². The maximum absolute atomic E-state index is 12.3. The molecule has 0 saturated carbocycles. The van der Waals surface area contributed by atoms with E-state index in [4.69, 9.17) is 10.8 Å². The normalized spacial score (nSPS) is 10.8. The minimum atomic E-state index is -2.63. The Balaban J connectivity index is 3.23. The first kappa shape index (κ1) is 9.85. The van der Waals surface area contributed by atoms with Gasteiger partial charge in [-0.2, -0.15) is 0 Å². The summed E-state index contributed by atoms with van der Waals surface area (Å²) in [5.74, 6) is 0. The second-order valence-electron chi connectivity index (χ2n) is 2.66. The van der Waals surface area contributed by atoms with E-state index in [9.17, 15) is 8.78 Å². The van der Waals surface area contributed by atoms with Crippen LogP contribution >= 0.6 is 0 Å². The van der Waals surface area contributed by atoms with E-state index in [1.807, 2.05) is 0 Å². The van der Waals surface area contributed by atoms with Gasteiger partial charge in [0.05, 0.1) is 17.9 Å². The summed E-state index contributed by atoms with van der Waals surface area (Å²) in [5, 5.41) is 8.77. The Labute approximate surface area is 74.2 Å². The molecule has 3 N–H and O–H groups in total. The number of anilines is 1. The van der Waals surface area contributed by atoms with Gasteiger partial charge in [-0.1, -0.05) is 0 Å². The fraction of sp³-hybridized carbons (Fsp3) is 0.375. The highest BCUT2D eigenvalue weighted by Crippen LogP contribution is 2.27. The van der Waals surface area contributed by atoms with Gasteiger partial charge in [-0.3, -0.25) is 4.98 Å². The standard InChI is InChI=1S/C8H10F2N2O/c1-4-6(3-13)12-2-5(7(4)11)8(9)10/h2,8,13H,3H2,1H3,(H2,11,12). The molecule has 1 aromatic rings. The maximum atomic E-state index is 12.3. The van der Waals surface area contributed by atoms with Crippen molar-refractivity contribution in [1.29, 1.82) is 0 Å². The predicted molar refractivity (Wildman–Crippen MR) is 44.3 cm³/mol. The average molecular weight is 188 g/mol. The fourth-order valence-electron chi connectivity index (χ4n) is 1.02. The topological polar surface area (TPSA) is 59.1 Å². The fourth-order valence-corrected chi connectivity index (χ4v) is 1.02. The van der Waals surface area contributed by atoms with Gasteiger partial charge in [0.2, 0.25) is 0 Å². The Morgan fingerprint density at radius 3 is 2.69 bits per heavy atom. The number of halogens is 2. The summed E-state index contributed by atoms with van der Waals surface area (Å²) < 4.78 is 24.5. The zero-order chi connectivity index (χ0) is 10.0. The molecular weight excluding hydrogens is 178 g/mol. The molecule has 0 aromatic carbocycles. The van der Waals surface area contributed by atoms with Crippen LogP contribution < -0.4 is 5.73 Å². The van der Waals surface area contributed by atoms with Gasteiger partial charge < -0.3 is 10.8 Å². The van der Waals surface area contributed by atoms with Crippen molar-refractivity contribution in [2.75, 3.05) is 5.73 Å². The Kier molecular flexibility index (Phi) is 2.77. The van der Waals surface area contributed by atoms with Crippen LogP contribution in [-0.4, -0.2) is 10.1 Å². The van der Waals surface area contributed by atoms with E-state index in [0.717, 1.165) is 6.20 Å². The van der Waals surface area contributed by atoms with Gasteiger partial charge in [0.25, 0.3) is 6.43 Å². The van der Waals surface area contributed by atoms with Crippen LogP contribution in [0.5, 0.6) is 0 Å². The van der Waals surface area contributed by atoms with Crippen molar-refractivity contribution in [3.63, 3.8) is 0 Å². The quantitative estimate of drug-likeness (QED) is 0.737. The van der Waals surface area contributed by atoms with Crippen molar-refractivity contribution in [2.45, 2.75) is 20.0 Å². The minimum absolute atomic E-state index is 0.00838. The Morgan fingerprint density at radius 1 is 1.62 bits per heavy atom. The van der Waals surface area contributed by atoms with Crippen molar-refractivity contribution in [2.24, 2.45) is 0 Å². The summed E-state index contributed by atoms with van der Waals surface area (Å²) in [5.41, 5.74) is 5.91. The predicted octanol–water partition coefficient (Wildman–Crippen LogP) is 1.40. The van der Waals surface area contributed by atoms with E-state index in [1.165, 1.54) is 0 Å². The molecular formula is C8H10F2N2O. The number of alkyl halides is 2. The third-order valence-electron chi connectivity index (χ3n) is 1.89. The van der Waals surface area contributed by atoms with Crippen LogP contribution in [0.25, 0.3) is 0 Å². The largest absolute Gasteiger partial charge is 0.398 e. The lowest BCUT2D eigenvalue weighted by molar-refractivity contribution is 0.151. The second kappa shape index (κ2) is 3.66. The van der Waals surface area contributed by atoms with Gasteiger partial charge in [0.1, 0.15) is 0 Å². The number of nitrogen functional groups attached to an aromatic ring is 1. The monoisotopic (exact) mass is 188 g/mol. The molecule has 13 heavy (non-hydrogen) atoms. The smallest absolute Gasteiger partial charge is 0.267 e. The zero-order valence-corrected chi connectivity index (χ0v) is 7.09. The lowest BCUT2D eigenvalue weighted by Crippen LogP contribution is -2.04. The number of aliphatic hydroxyl groups is 1. The summed E-state index contributed by atoms with van der Waals surface area (Å²) in [4.78, 5) is 3.67. The van der Waals surface area contributed by atoms with Crippen LogP contribution in [0, 0.1) is 6.92 Å². The summed E-state index contributed by atoms with van der Waals surface area (Å²) in [6.45, 7) is 1.26. The SMILES string of the molecule is Cc1c(CO)ncc(C(F)F)c1N. The van der Waals surface area contributed by atoms with Crippen LogP contribution in [-0.2, 0) is 6.61 Å². The molecule has 0 unspecified atom stereocenters. The van der Waals surface area contributed by atoms with Crippen LogP contribution in [0.1, 0.15) is 23.2 Å². The molecule has 1 heterocycles. The van der Waals surface area contributed by atoms with Crippen LogP contribution in [0.15, 0.2) is 6.20 Å². The number of rotatable bonds is 2. The number of aromatic nitrogens is 1. The lowest BCUT2D eigenvalue weighted by atomic mass is 10.1. The van der Waals surface area contributed by atoms with Crippen LogP contribution in [0.4, 0.5) is 14.5 Å². The molecule has 5 heteroatoms. The number of nitrogens with two attached hydrogens (primary N) is 1. The summed E-state index contributed by atoms with van der Waals surface area (Å²) >= 11 is 0. The molecule has 1 aromatic heterocycles. The van der Waals surface area contributed by atoms with Crippen molar-refractivity contribution >= 4 is 5.69 Å². The summed E-state index contributed by atoms with van der Waals surface area (Å²) in [7, 11) is 0. The van der Waals surface area contributed by atoms with Gasteiger partial charge in [0.15, 0.2) is 0 Å². The van der Waals surface area contributed by atoms with E-state index in [0.29, 0.717) is 11.3 Å². The zero-order valence-electron chi connectivity index (χ0n) is 7.09. The van der Waals surface area contributed by atoms with Crippen molar-refractivity contribution in [1.82, 2.24) is 4.98 Å². The Morgan fingerprint density at radius 2 is 2.23 bits per heavy atom. The maximum Gasteiger partial charge on any atom is 0.267 e. The molecule has 0 aliphatic heterocycles. The van der Waals surface area contributed by atoms with Gasteiger partial charge in [-0.15, -0.1) is 0 Å². The van der Waals surface area contributed by atoms with E-state index < -0.39 is 6.43 Å². The molecule has 0 aliphatic rings. The first-order valence-corrected chi connectivity index (χ1v) is 3.70. The van der Waals surface area contributed by atoms with Gasteiger partial charge in [0, 0.05) is 11.9 Å². The molecule has 0 amide bonds. The van der Waals surface area contributed by atoms with Gasteiger partial charge in [-0.05, 0) is 12.5 Å². The third kappa shape index (κ3) is 1.75. The number of aliphatic hydroxyl groups excluding tert-OH is 1. The Hall–Kier alpha value is -1.23. The van der Waals surface area contributed by atoms with Gasteiger partial charge >= 0.3 is 0 Å². The average Bonchev–Trinajstić information content (AvgIpc) is 2.09. The third-order valence-corrected chi connectivity index (χ3v) is 1.89. The molecule has 0 spiro atoms. The highest BCUT2D eigenvalue weighted by Gasteiger charge is 2.15. The first-order valence-electron chi connectivity index (χ1n) is 3.70. The van der Waals surface area contributed by atoms with Crippen molar-refractivity contribution < 1.29 is 13.9 Å². The van der Waals surface area contributed by atoms with E-state index in [-0.39, 0.29) is 17.9 Å². The highest BCUT2D eigenvalue weighted by molar-refractivity contribution is 5.54. The van der Waals surface area contributed by atoms with Crippen molar-refractivity contribution in [3.8, 4) is 0 Å². The molecule has 0 bridgehead atoms. The van der Waals surface area contributed by atoms with E-state index in [2.05, 4.69) is 4.98 Å². The number of hydrogen-bond donors (Lipinski definition) is 2. The van der Waals surface area contributed by atoms with Crippen LogP contribution in [0.3, 0.4) is 0 Å². The van der Waals surface area contributed by atoms with Crippen molar-refractivity contribution in [3.05, 3.63) is 23.0 Å². The number of nitrogens with zero attached hydrogens (tertiary/aromatic N) is 1. The highest BCUT2D eigenvalue weighted by atomic mass is 19.3. The Bertz CT molecular complexity index is 315. The number of hydrogen-bond acceptors (Lipinski definition) is 3. The lowest BCUT2D eigenvalue weighted by Gasteiger charge is -2.09. The summed E-state index contributed by atoms with van der Waals surface area (Å²) in [6, 6.07) is 0. The summed E-state index contributed by atoms with van der Waals surface area (Å²) in [6.07, 6.45) is -1.63.